The third-order valence-corrected chi connectivity index (χ3v) is 17.6. The van der Waals surface area contributed by atoms with Crippen LogP contribution in [0.15, 0.2) is 41.2 Å². The van der Waals surface area contributed by atoms with Crippen LogP contribution in [0.1, 0.15) is 130 Å². The number of hydrogen-bond donors (Lipinski definition) is 11. The van der Waals surface area contributed by atoms with E-state index in [1.165, 1.54) is 34.9 Å². The van der Waals surface area contributed by atoms with Gasteiger partial charge in [-0.3, -0.25) is 33.6 Å². The van der Waals surface area contributed by atoms with E-state index in [1.54, 1.807) is 33.8 Å². The van der Waals surface area contributed by atoms with Crippen molar-refractivity contribution in [2.24, 2.45) is 11.7 Å². The maximum atomic E-state index is 15.4. The summed E-state index contributed by atoms with van der Waals surface area (Å²) in [6.07, 6.45) is 4.53. The molecular formula is C70H92FN11O20. The van der Waals surface area contributed by atoms with E-state index in [4.69, 9.17) is 48.6 Å². The third kappa shape index (κ3) is 21.7. The summed E-state index contributed by atoms with van der Waals surface area (Å²) in [4.78, 5) is 135. The Morgan fingerprint density at radius 1 is 0.794 bits per heavy atom. The van der Waals surface area contributed by atoms with Crippen LogP contribution in [0.5, 0.6) is 0 Å². The Morgan fingerprint density at radius 2 is 1.52 bits per heavy atom. The second-order valence-electron chi connectivity index (χ2n) is 25.2. The van der Waals surface area contributed by atoms with Crippen LogP contribution in [0.25, 0.3) is 22.3 Å². The monoisotopic (exact) mass is 1430 g/mol. The van der Waals surface area contributed by atoms with Crippen LogP contribution in [-0.4, -0.2) is 190 Å². The molecule has 0 saturated heterocycles. The molecule has 554 valence electrons. The summed E-state index contributed by atoms with van der Waals surface area (Å²) in [6, 6.07) is 3.82. The lowest BCUT2D eigenvalue weighted by atomic mass is 9.81. The fourth-order valence-corrected chi connectivity index (χ4v) is 12.1. The predicted molar refractivity (Wildman–Crippen MR) is 364 cm³/mol. The fraction of sp³-hybridized carbons (Fsp3) is 0.557. The number of esters is 1. The maximum Gasteiger partial charge on any atom is 0.408 e. The summed E-state index contributed by atoms with van der Waals surface area (Å²) in [5.74, 6) is 0.990. The van der Waals surface area contributed by atoms with Crippen LogP contribution in [-0.2, 0) is 103 Å². The summed E-state index contributed by atoms with van der Waals surface area (Å²) < 4.78 is 60.6. The topological polar surface area (TPSA) is 425 Å². The zero-order chi connectivity index (χ0) is 73.3. The highest BCUT2D eigenvalue weighted by molar-refractivity contribution is 5.99. The number of carbonyl (C=O) groups excluding carboxylic acids is 9. The van der Waals surface area contributed by atoms with Gasteiger partial charge >= 0.3 is 18.1 Å². The van der Waals surface area contributed by atoms with Crippen LogP contribution in [0, 0.1) is 30.5 Å². The molecule has 0 radical (unpaired) electrons. The first-order chi connectivity index (χ1) is 49.1. The number of primary amides is 1. The van der Waals surface area contributed by atoms with Gasteiger partial charge in [0.05, 0.1) is 94.5 Å². The minimum absolute atomic E-state index is 0.0279. The largest absolute Gasteiger partial charge is 0.458 e. The van der Waals surface area contributed by atoms with Gasteiger partial charge < -0.3 is 101 Å². The van der Waals surface area contributed by atoms with Crippen LogP contribution >= 0.6 is 0 Å². The molecule has 0 saturated carbocycles. The summed E-state index contributed by atoms with van der Waals surface area (Å²) in [6.45, 7) is 6.66. The van der Waals surface area contributed by atoms with Crippen molar-refractivity contribution in [3.05, 3.63) is 91.5 Å². The number of amides is 9. The molecule has 0 spiro atoms. The molecule has 32 heteroatoms. The van der Waals surface area contributed by atoms with Crippen molar-refractivity contribution < 1.29 is 95.6 Å². The van der Waals surface area contributed by atoms with Crippen molar-refractivity contribution in [2.45, 2.75) is 154 Å². The Bertz CT molecular complexity index is 3790. The quantitative estimate of drug-likeness (QED) is 0.0116. The van der Waals surface area contributed by atoms with Gasteiger partial charge in [0.15, 0.2) is 5.60 Å². The highest BCUT2D eigenvalue weighted by atomic mass is 19.1. The fourth-order valence-electron chi connectivity index (χ4n) is 12.1. The van der Waals surface area contributed by atoms with Gasteiger partial charge in [0.2, 0.25) is 35.4 Å². The van der Waals surface area contributed by atoms with Gasteiger partial charge in [0.25, 0.3) is 5.56 Å². The Hall–Kier alpha value is -9.20. The van der Waals surface area contributed by atoms with E-state index in [0.717, 1.165) is 32.1 Å². The average Bonchev–Trinajstić information content (AvgIpc) is 1.51. The molecule has 0 bridgehead atoms. The Morgan fingerprint density at radius 3 is 2.23 bits per heavy atom. The number of aromatic nitrogens is 2. The second-order valence-corrected chi connectivity index (χ2v) is 25.2. The van der Waals surface area contributed by atoms with Gasteiger partial charge in [-0.1, -0.05) is 45.2 Å². The molecule has 2 aromatic heterocycles. The van der Waals surface area contributed by atoms with E-state index < -0.39 is 115 Å². The number of aryl methyl sites for hydroxylation is 1. The number of anilines is 1. The smallest absolute Gasteiger partial charge is 0.408 e. The number of rotatable bonds is 39. The SMILES string of the molecule is CC[C@@]1(O)C(=O)OCc2c1cc1n(c2=O)Cc2c-1nc1cc(F)c(C)c3c1c2[C@@H](NC(=O)COCNC(=O)[C@H](CO)NC(=O)OCc1ccc(NC(=O)[C@H](CCCNC(N)=O)NC(=O)[C@@H](NC(=O)CCOCCOCCOCCOCCNC(=O)COC2C#CCCCCC2)C(C)C)cc1)CC3. The molecule has 4 heterocycles. The second kappa shape index (κ2) is 38.7. The first-order valence-corrected chi connectivity index (χ1v) is 34.3. The molecule has 0 fully saturated rings. The van der Waals surface area contributed by atoms with Gasteiger partial charge in [-0.15, -0.1) is 5.92 Å². The molecule has 4 aliphatic rings. The van der Waals surface area contributed by atoms with E-state index in [0.29, 0.717) is 103 Å². The number of nitrogens with one attached hydrogen (secondary N) is 8. The number of hydrogen-bond acceptors (Lipinski definition) is 21. The number of nitrogens with zero attached hydrogens (tertiary/aromatic N) is 2. The zero-order valence-corrected chi connectivity index (χ0v) is 57.8. The van der Waals surface area contributed by atoms with Crippen LogP contribution in [0.2, 0.25) is 0 Å². The molecule has 9 amide bonds. The minimum Gasteiger partial charge on any atom is -0.458 e. The summed E-state index contributed by atoms with van der Waals surface area (Å²) in [7, 11) is 0. The molecule has 2 aliphatic carbocycles. The molecule has 2 aromatic carbocycles. The van der Waals surface area contributed by atoms with E-state index in [2.05, 4.69) is 54.4 Å². The molecule has 1 unspecified atom stereocenters. The standard InChI is InChI=1S/C70H92FN11O20/c1-5-70(94)49-32-55-62-47(34-82(55)66(90)48(49)37-101-67(70)91)60-51(20-19-46-42(4)50(71)33-53(78-62)59(46)60)77-58(86)38-99-40-75-63(87)54(35-83)80-69(93)102-36-43-15-17-44(18-16-43)76-64(88)52(14-11-22-74-68(72)92)79-65(89)61(41(2)3)81-56(84)21-24-95-26-28-97-30-31-98-29-27-96-25-23-73-57(85)39-100-45-12-9-7-6-8-10-13-45/h15-18,32-33,41,45,51-52,54,61,83,94H,5-9,11-12,14,19-31,34-40H2,1-4H3,(H,73,85)(H,75,87)(H,76,88)(H,77,86)(H,79,89)(H,80,93)(H,81,84)(H3,72,74,92)/t45?,51-,52-,54-,61-,70-/m0/s1. The summed E-state index contributed by atoms with van der Waals surface area (Å²) in [5.41, 5.74) is 6.91. The maximum absolute atomic E-state index is 15.4. The van der Waals surface area contributed by atoms with Crippen LogP contribution < -0.4 is 53.8 Å². The van der Waals surface area contributed by atoms with Gasteiger partial charge in [-0.2, -0.15) is 0 Å². The lowest BCUT2D eigenvalue weighted by Crippen LogP contribution is -2.54. The Labute approximate surface area is 588 Å². The number of urea groups is 1. The number of pyridine rings is 2. The summed E-state index contributed by atoms with van der Waals surface area (Å²) >= 11 is 0. The van der Waals surface area contributed by atoms with E-state index in [9.17, 15) is 58.2 Å². The molecule has 4 aromatic rings. The molecular weight excluding hydrogens is 1330 g/mol. The summed E-state index contributed by atoms with van der Waals surface area (Å²) in [5, 5.41) is 43.1. The number of nitrogens with two attached hydrogens (primary N) is 1. The molecule has 2 aliphatic heterocycles. The van der Waals surface area contributed by atoms with Gasteiger partial charge in [-0.25, -0.2) is 23.8 Å². The van der Waals surface area contributed by atoms with E-state index >= 15 is 4.39 Å². The molecule has 102 heavy (non-hydrogen) atoms. The number of aliphatic hydroxyl groups excluding tert-OH is 1. The van der Waals surface area contributed by atoms with Gasteiger partial charge in [0, 0.05) is 54.2 Å². The molecule has 6 atom stereocenters. The average molecular weight is 1430 g/mol. The lowest BCUT2D eigenvalue weighted by Gasteiger charge is -2.31. The van der Waals surface area contributed by atoms with Crippen molar-refractivity contribution in [3.63, 3.8) is 0 Å². The number of ether oxygens (including phenoxy) is 8. The number of halogens is 1. The Balaban J connectivity index is 0.714. The van der Waals surface area contributed by atoms with Crippen molar-refractivity contribution in [1.29, 1.82) is 0 Å². The highest BCUT2D eigenvalue weighted by Gasteiger charge is 2.46. The predicted octanol–water partition coefficient (Wildman–Crippen LogP) is 1.95. The van der Waals surface area contributed by atoms with Crippen molar-refractivity contribution in [1.82, 2.24) is 46.8 Å². The third-order valence-electron chi connectivity index (χ3n) is 17.6. The van der Waals surface area contributed by atoms with Gasteiger partial charge in [-0.05, 0) is 105 Å². The van der Waals surface area contributed by atoms with Gasteiger partial charge in [0.1, 0.15) is 63.2 Å². The number of benzene rings is 2. The van der Waals surface area contributed by atoms with E-state index in [-0.39, 0.29) is 107 Å². The normalized spacial score (nSPS) is 17.3. The van der Waals surface area contributed by atoms with Crippen LogP contribution in [0.3, 0.4) is 0 Å². The number of carbonyl (C=O) groups is 9. The van der Waals surface area contributed by atoms with Crippen LogP contribution in [0.4, 0.5) is 19.7 Å². The number of fused-ring (bicyclic) bond motifs is 5. The minimum atomic E-state index is -2.07. The zero-order valence-electron chi connectivity index (χ0n) is 57.8. The van der Waals surface area contributed by atoms with Crippen molar-refractivity contribution >= 4 is 70.1 Å². The number of cyclic esters (lactones) is 1. The van der Waals surface area contributed by atoms with Crippen molar-refractivity contribution in [2.75, 3.05) is 97.8 Å². The molecule has 12 N–H and O–H groups in total. The number of aliphatic hydroxyl groups is 2. The Kier molecular flexibility index (Phi) is 29.8. The first-order valence-electron chi connectivity index (χ1n) is 34.3. The van der Waals surface area contributed by atoms with E-state index in [1.807, 2.05) is 0 Å². The number of alkyl carbamates (subject to hydrolysis) is 1. The molecule has 8 rings (SSSR count). The lowest BCUT2D eigenvalue weighted by molar-refractivity contribution is -0.172. The molecule has 31 nitrogen and oxygen atoms in total. The highest BCUT2D eigenvalue weighted by Crippen LogP contribution is 2.46. The van der Waals surface area contributed by atoms with Crippen molar-refractivity contribution in [3.8, 4) is 23.2 Å². The first kappa shape index (κ1) is 78.5.